The summed E-state index contributed by atoms with van der Waals surface area (Å²) < 4.78 is 5.13. The van der Waals surface area contributed by atoms with E-state index in [9.17, 15) is 19.5 Å². The van der Waals surface area contributed by atoms with Crippen molar-refractivity contribution in [3.8, 4) is 0 Å². The van der Waals surface area contributed by atoms with Gasteiger partial charge < -0.3 is 25.8 Å². The van der Waals surface area contributed by atoms with Gasteiger partial charge in [0.15, 0.2) is 0 Å². The Morgan fingerprint density at radius 1 is 0.968 bits per heavy atom. The van der Waals surface area contributed by atoms with Gasteiger partial charge in [-0.3, -0.25) is 4.79 Å². The van der Waals surface area contributed by atoms with Gasteiger partial charge in [-0.2, -0.15) is 0 Å². The molecule has 0 aromatic heterocycles. The van der Waals surface area contributed by atoms with E-state index in [4.69, 9.17) is 4.74 Å². The zero-order chi connectivity index (χ0) is 22.5. The molecule has 2 rings (SSSR count). The summed E-state index contributed by atoms with van der Waals surface area (Å²) in [6.07, 6.45) is 1.84. The van der Waals surface area contributed by atoms with Gasteiger partial charge in [-0.15, -0.1) is 0 Å². The lowest BCUT2D eigenvalue weighted by molar-refractivity contribution is -0.139. The van der Waals surface area contributed by atoms with Crippen molar-refractivity contribution in [1.29, 1.82) is 0 Å². The Kier molecular flexibility index (Phi) is 9.87. The van der Waals surface area contributed by atoms with Crippen molar-refractivity contribution in [2.24, 2.45) is 0 Å². The maximum absolute atomic E-state index is 12.3. The molecule has 0 spiro atoms. The summed E-state index contributed by atoms with van der Waals surface area (Å²) in [5.41, 5.74) is 2.18. The fourth-order valence-corrected chi connectivity index (χ4v) is 2.90. The highest BCUT2D eigenvalue weighted by Gasteiger charge is 2.20. The van der Waals surface area contributed by atoms with Gasteiger partial charge >= 0.3 is 12.1 Å². The van der Waals surface area contributed by atoms with E-state index in [0.717, 1.165) is 17.7 Å². The van der Waals surface area contributed by atoms with E-state index in [0.29, 0.717) is 31.4 Å². The monoisotopic (exact) mass is 427 g/mol. The number of anilines is 1. The number of nitrogens with one attached hydrogen (secondary N) is 3. The average molecular weight is 428 g/mol. The number of carboxylic acid groups (broad SMARTS) is 1. The highest BCUT2D eigenvalue weighted by atomic mass is 16.5. The number of carboxylic acids is 1. The van der Waals surface area contributed by atoms with Gasteiger partial charge in [0.1, 0.15) is 12.6 Å². The third-order valence-electron chi connectivity index (χ3n) is 4.69. The number of rotatable bonds is 12. The van der Waals surface area contributed by atoms with Crippen LogP contribution in [0.1, 0.15) is 41.6 Å². The second-order valence-electron chi connectivity index (χ2n) is 7.03. The average Bonchev–Trinajstić information content (AvgIpc) is 2.79. The van der Waals surface area contributed by atoms with Gasteiger partial charge in [-0.05, 0) is 42.7 Å². The number of benzene rings is 2. The SMILES string of the molecule is CNc1ccc(C(=O)NC(CCCCCNC(=O)OCc2ccccc2)C(=O)O)cc1. The highest BCUT2D eigenvalue weighted by molar-refractivity contribution is 5.96. The molecule has 2 amide bonds. The molecule has 4 N–H and O–H groups in total. The molecule has 0 radical (unpaired) electrons. The van der Waals surface area contributed by atoms with Crippen molar-refractivity contribution >= 4 is 23.7 Å². The Labute approximate surface area is 182 Å². The number of alkyl carbamates (subject to hydrolysis) is 1. The normalized spacial score (nSPS) is 11.3. The van der Waals surface area contributed by atoms with Gasteiger partial charge in [0, 0.05) is 24.8 Å². The minimum absolute atomic E-state index is 0.213. The molecule has 0 aliphatic heterocycles. The molecule has 2 aromatic rings. The zero-order valence-electron chi connectivity index (χ0n) is 17.6. The van der Waals surface area contributed by atoms with Crippen molar-refractivity contribution in [2.45, 2.75) is 38.3 Å². The summed E-state index contributed by atoms with van der Waals surface area (Å²) in [4.78, 5) is 35.4. The Bertz CT molecular complexity index is 840. The van der Waals surface area contributed by atoms with Crippen LogP contribution in [0.25, 0.3) is 0 Å². The number of amides is 2. The fourth-order valence-electron chi connectivity index (χ4n) is 2.90. The number of carbonyl (C=O) groups excluding carboxylic acids is 2. The highest BCUT2D eigenvalue weighted by Crippen LogP contribution is 2.10. The molecule has 0 fully saturated rings. The van der Waals surface area contributed by atoms with E-state index >= 15 is 0 Å². The van der Waals surface area contributed by atoms with Gasteiger partial charge in [-0.25, -0.2) is 9.59 Å². The van der Waals surface area contributed by atoms with Gasteiger partial charge in [0.05, 0.1) is 0 Å². The number of ether oxygens (including phenoxy) is 1. The van der Waals surface area contributed by atoms with E-state index in [-0.39, 0.29) is 6.61 Å². The van der Waals surface area contributed by atoms with Crippen molar-refractivity contribution in [2.75, 3.05) is 18.9 Å². The fraction of sp³-hybridized carbons (Fsp3) is 0.348. The summed E-state index contributed by atoms with van der Waals surface area (Å²) in [7, 11) is 1.78. The summed E-state index contributed by atoms with van der Waals surface area (Å²) in [5.74, 6) is -1.49. The summed E-state index contributed by atoms with van der Waals surface area (Å²) in [5, 5.41) is 17.6. The van der Waals surface area contributed by atoms with Gasteiger partial charge in [0.25, 0.3) is 5.91 Å². The Morgan fingerprint density at radius 2 is 1.68 bits per heavy atom. The number of unbranched alkanes of at least 4 members (excludes halogenated alkanes) is 2. The molecule has 0 saturated carbocycles. The van der Waals surface area contributed by atoms with Crippen molar-refractivity contribution < 1.29 is 24.2 Å². The standard InChI is InChI=1S/C23H29N3O5/c1-24-19-13-11-18(12-14-19)21(27)26-20(22(28)29)10-6-3-7-15-25-23(30)31-16-17-8-4-2-5-9-17/h2,4-5,8-9,11-14,20,24H,3,6-7,10,15-16H2,1H3,(H,25,30)(H,26,27)(H,28,29). The molecule has 1 unspecified atom stereocenters. The molecule has 31 heavy (non-hydrogen) atoms. The first kappa shape index (κ1) is 23.7. The van der Waals surface area contributed by atoms with E-state index in [1.807, 2.05) is 30.3 Å². The number of hydrogen-bond acceptors (Lipinski definition) is 5. The maximum Gasteiger partial charge on any atom is 0.407 e. The van der Waals surface area contributed by atoms with Crippen LogP contribution in [0, 0.1) is 0 Å². The first-order valence-electron chi connectivity index (χ1n) is 10.3. The minimum atomic E-state index is -1.07. The Hall–Kier alpha value is -3.55. The molecule has 1 atom stereocenters. The molecular weight excluding hydrogens is 398 g/mol. The number of hydrogen-bond donors (Lipinski definition) is 4. The molecule has 0 aliphatic carbocycles. The third-order valence-corrected chi connectivity index (χ3v) is 4.69. The summed E-state index contributed by atoms with van der Waals surface area (Å²) in [6.45, 7) is 0.653. The summed E-state index contributed by atoms with van der Waals surface area (Å²) >= 11 is 0. The van der Waals surface area contributed by atoms with Crippen LogP contribution in [0.2, 0.25) is 0 Å². The predicted molar refractivity (Wildman–Crippen MR) is 118 cm³/mol. The van der Waals surface area contributed by atoms with Gasteiger partial charge in [0.2, 0.25) is 0 Å². The molecule has 0 saturated heterocycles. The largest absolute Gasteiger partial charge is 0.480 e. The molecule has 166 valence electrons. The van der Waals surface area contributed by atoms with Crippen LogP contribution in [-0.4, -0.2) is 42.7 Å². The molecule has 8 heteroatoms. The van der Waals surface area contributed by atoms with Crippen LogP contribution in [0.15, 0.2) is 54.6 Å². The smallest absolute Gasteiger partial charge is 0.407 e. The second-order valence-corrected chi connectivity index (χ2v) is 7.03. The lowest BCUT2D eigenvalue weighted by Crippen LogP contribution is -2.40. The molecule has 0 aliphatic rings. The molecule has 8 nitrogen and oxygen atoms in total. The predicted octanol–water partition coefficient (Wildman–Crippen LogP) is 3.40. The van der Waals surface area contributed by atoms with Crippen LogP contribution < -0.4 is 16.0 Å². The Balaban J connectivity index is 1.62. The van der Waals surface area contributed by atoms with E-state index in [2.05, 4.69) is 16.0 Å². The number of aliphatic carboxylic acids is 1. The Morgan fingerprint density at radius 3 is 2.32 bits per heavy atom. The lowest BCUT2D eigenvalue weighted by atomic mass is 10.1. The summed E-state index contributed by atoms with van der Waals surface area (Å²) in [6, 6.07) is 15.2. The molecule has 2 aromatic carbocycles. The third kappa shape index (κ3) is 8.77. The zero-order valence-corrected chi connectivity index (χ0v) is 17.6. The molecule has 0 bridgehead atoms. The van der Waals surface area contributed by atoms with Crippen LogP contribution in [0.4, 0.5) is 10.5 Å². The second kappa shape index (κ2) is 12.9. The van der Waals surface area contributed by atoms with Crippen molar-refractivity contribution in [3.63, 3.8) is 0 Å². The van der Waals surface area contributed by atoms with E-state index in [1.54, 1.807) is 31.3 Å². The van der Waals surface area contributed by atoms with E-state index < -0.39 is 24.0 Å². The van der Waals surface area contributed by atoms with Crippen LogP contribution in [0.3, 0.4) is 0 Å². The van der Waals surface area contributed by atoms with E-state index in [1.165, 1.54) is 0 Å². The van der Waals surface area contributed by atoms with Crippen LogP contribution in [-0.2, 0) is 16.1 Å². The molecular formula is C23H29N3O5. The van der Waals surface area contributed by atoms with Gasteiger partial charge in [-0.1, -0.05) is 43.2 Å². The topological polar surface area (TPSA) is 117 Å². The maximum atomic E-state index is 12.3. The molecule has 0 heterocycles. The first-order valence-corrected chi connectivity index (χ1v) is 10.3. The van der Waals surface area contributed by atoms with Crippen LogP contribution >= 0.6 is 0 Å². The quantitative estimate of drug-likeness (QED) is 0.386. The van der Waals surface area contributed by atoms with Crippen LogP contribution in [0.5, 0.6) is 0 Å². The number of carbonyl (C=O) groups is 3. The first-order chi connectivity index (χ1) is 15.0. The minimum Gasteiger partial charge on any atom is -0.480 e. The van der Waals surface area contributed by atoms with Crippen molar-refractivity contribution in [1.82, 2.24) is 10.6 Å². The lowest BCUT2D eigenvalue weighted by Gasteiger charge is -2.15. The van der Waals surface area contributed by atoms with Crippen molar-refractivity contribution in [3.05, 3.63) is 65.7 Å².